The summed E-state index contributed by atoms with van der Waals surface area (Å²) in [6.45, 7) is 2.81. The Bertz CT molecular complexity index is 500. The molecule has 0 amide bonds. The predicted octanol–water partition coefficient (Wildman–Crippen LogP) is 2.75. The summed E-state index contributed by atoms with van der Waals surface area (Å²) in [5.41, 5.74) is 9.48. The molecule has 2 N–H and O–H groups in total. The molecular formula is C12H15BrN2. The van der Waals surface area contributed by atoms with Crippen LogP contribution < -0.4 is 5.73 Å². The number of aromatic nitrogens is 1. The zero-order chi connectivity index (χ0) is 11.0. The maximum atomic E-state index is 5.62. The molecule has 1 heterocycles. The summed E-state index contributed by atoms with van der Waals surface area (Å²) in [5.74, 6) is 0. The van der Waals surface area contributed by atoms with Gasteiger partial charge in [0.25, 0.3) is 0 Å². The lowest BCUT2D eigenvalue weighted by Crippen LogP contribution is -2.01. The Hall–Kier alpha value is -0.800. The minimum atomic E-state index is 0.699. The van der Waals surface area contributed by atoms with Crippen molar-refractivity contribution in [3.8, 4) is 0 Å². The summed E-state index contributed by atoms with van der Waals surface area (Å²) in [4.78, 5) is 0. The zero-order valence-electron chi connectivity index (χ0n) is 9.05. The minimum absolute atomic E-state index is 0.699. The summed E-state index contributed by atoms with van der Waals surface area (Å²) in [6.07, 6.45) is 3.11. The fraction of sp³-hybridized carbons (Fsp3) is 0.333. The number of halogens is 1. The lowest BCUT2D eigenvalue weighted by atomic mass is 10.1. The molecule has 2 rings (SSSR count). The quantitative estimate of drug-likeness (QED) is 0.891. The van der Waals surface area contributed by atoms with E-state index < -0.39 is 0 Å². The molecule has 0 fully saturated rings. The van der Waals surface area contributed by atoms with Gasteiger partial charge in [-0.1, -0.05) is 0 Å². The Kier molecular flexibility index (Phi) is 2.85. The molecule has 2 aromatic rings. The molecule has 3 heteroatoms. The van der Waals surface area contributed by atoms with Crippen LogP contribution in [0.5, 0.6) is 0 Å². The molecule has 2 nitrogen and oxygen atoms in total. The third kappa shape index (κ3) is 1.82. The van der Waals surface area contributed by atoms with Gasteiger partial charge in [0.1, 0.15) is 0 Å². The standard InChI is InChI=1S/C12H15BrN2/c1-8-5-10-9(3-4-14)7-15(2)12(10)11(13)6-8/h5-7H,3-4,14H2,1-2H3. The second-order valence-electron chi connectivity index (χ2n) is 3.95. The molecule has 80 valence electrons. The van der Waals surface area contributed by atoms with Gasteiger partial charge >= 0.3 is 0 Å². The molecule has 0 bridgehead atoms. The van der Waals surface area contributed by atoms with Gasteiger partial charge in [-0.3, -0.25) is 0 Å². The van der Waals surface area contributed by atoms with Crippen molar-refractivity contribution < 1.29 is 0 Å². The lowest BCUT2D eigenvalue weighted by Gasteiger charge is -2.02. The predicted molar refractivity (Wildman–Crippen MR) is 68.1 cm³/mol. The van der Waals surface area contributed by atoms with Crippen LogP contribution in [0.3, 0.4) is 0 Å². The van der Waals surface area contributed by atoms with E-state index in [0.717, 1.165) is 10.9 Å². The molecule has 1 aromatic carbocycles. The molecule has 0 aliphatic rings. The van der Waals surface area contributed by atoms with Gasteiger partial charge in [0.2, 0.25) is 0 Å². The topological polar surface area (TPSA) is 30.9 Å². The van der Waals surface area contributed by atoms with Crippen molar-refractivity contribution in [1.29, 1.82) is 0 Å². The second-order valence-corrected chi connectivity index (χ2v) is 4.80. The number of hydrogen-bond donors (Lipinski definition) is 1. The van der Waals surface area contributed by atoms with Gasteiger partial charge in [-0.2, -0.15) is 0 Å². The number of nitrogens with two attached hydrogens (primary N) is 1. The van der Waals surface area contributed by atoms with Gasteiger partial charge in [-0.25, -0.2) is 0 Å². The van der Waals surface area contributed by atoms with E-state index >= 15 is 0 Å². The average molecular weight is 267 g/mol. The highest BCUT2D eigenvalue weighted by atomic mass is 79.9. The number of hydrogen-bond acceptors (Lipinski definition) is 1. The molecule has 0 aliphatic heterocycles. The Balaban J connectivity index is 2.75. The number of fused-ring (bicyclic) bond motifs is 1. The molecule has 0 unspecified atom stereocenters. The molecule has 0 saturated carbocycles. The van der Waals surface area contributed by atoms with Crippen molar-refractivity contribution in [2.75, 3.05) is 6.54 Å². The van der Waals surface area contributed by atoms with Crippen molar-refractivity contribution in [1.82, 2.24) is 4.57 Å². The molecule has 0 radical (unpaired) electrons. The second kappa shape index (κ2) is 3.99. The average Bonchev–Trinajstić information content (AvgIpc) is 2.43. The molecular weight excluding hydrogens is 252 g/mol. The van der Waals surface area contributed by atoms with Gasteiger partial charge in [-0.15, -0.1) is 0 Å². The van der Waals surface area contributed by atoms with E-state index in [4.69, 9.17) is 5.73 Å². The zero-order valence-corrected chi connectivity index (χ0v) is 10.6. The molecule has 0 atom stereocenters. The lowest BCUT2D eigenvalue weighted by molar-refractivity contribution is 0.928. The summed E-state index contributed by atoms with van der Waals surface area (Å²) in [7, 11) is 2.07. The van der Waals surface area contributed by atoms with Crippen molar-refractivity contribution in [3.05, 3.63) is 33.9 Å². The molecule has 0 spiro atoms. The van der Waals surface area contributed by atoms with Crippen molar-refractivity contribution in [2.24, 2.45) is 12.8 Å². The van der Waals surface area contributed by atoms with Gasteiger partial charge in [0, 0.05) is 23.1 Å². The van der Waals surface area contributed by atoms with Gasteiger partial charge in [0.05, 0.1) is 5.52 Å². The SMILES string of the molecule is Cc1cc(Br)c2c(c1)c(CCN)cn2C. The number of nitrogens with zero attached hydrogens (tertiary/aromatic N) is 1. The van der Waals surface area contributed by atoms with E-state index in [1.54, 1.807) is 0 Å². The fourth-order valence-corrected chi connectivity index (χ4v) is 2.91. The highest BCUT2D eigenvalue weighted by Crippen LogP contribution is 2.29. The first-order valence-electron chi connectivity index (χ1n) is 5.07. The summed E-state index contributed by atoms with van der Waals surface area (Å²) < 4.78 is 3.31. The summed E-state index contributed by atoms with van der Waals surface area (Å²) in [5, 5.41) is 1.31. The Morgan fingerprint density at radius 1 is 1.40 bits per heavy atom. The van der Waals surface area contributed by atoms with Gasteiger partial charge in [-0.05, 0) is 59.1 Å². The Morgan fingerprint density at radius 2 is 2.13 bits per heavy atom. The van der Waals surface area contributed by atoms with E-state index in [0.29, 0.717) is 6.54 Å². The Labute approximate surface area is 98.2 Å². The van der Waals surface area contributed by atoms with Crippen LogP contribution in [0.15, 0.2) is 22.8 Å². The smallest absolute Gasteiger partial charge is 0.0625 e. The van der Waals surface area contributed by atoms with E-state index in [9.17, 15) is 0 Å². The Morgan fingerprint density at radius 3 is 2.80 bits per heavy atom. The largest absolute Gasteiger partial charge is 0.349 e. The van der Waals surface area contributed by atoms with E-state index in [1.807, 2.05) is 0 Å². The van der Waals surface area contributed by atoms with E-state index in [-0.39, 0.29) is 0 Å². The maximum Gasteiger partial charge on any atom is 0.0625 e. The first-order chi connectivity index (χ1) is 7.13. The number of aryl methyl sites for hydroxylation is 2. The van der Waals surface area contributed by atoms with Crippen LogP contribution in [0.25, 0.3) is 10.9 Å². The number of rotatable bonds is 2. The normalized spacial score (nSPS) is 11.2. The van der Waals surface area contributed by atoms with Crippen molar-refractivity contribution in [2.45, 2.75) is 13.3 Å². The van der Waals surface area contributed by atoms with Gasteiger partial charge < -0.3 is 10.3 Å². The summed E-state index contributed by atoms with van der Waals surface area (Å²) in [6, 6.07) is 4.37. The fourth-order valence-electron chi connectivity index (χ4n) is 2.06. The van der Waals surface area contributed by atoms with E-state index in [2.05, 4.69) is 52.8 Å². The molecule has 15 heavy (non-hydrogen) atoms. The van der Waals surface area contributed by atoms with Crippen molar-refractivity contribution in [3.63, 3.8) is 0 Å². The van der Waals surface area contributed by atoms with Crippen LogP contribution in [0, 0.1) is 6.92 Å². The monoisotopic (exact) mass is 266 g/mol. The first-order valence-corrected chi connectivity index (χ1v) is 5.87. The third-order valence-electron chi connectivity index (χ3n) is 2.67. The van der Waals surface area contributed by atoms with Crippen LogP contribution in [-0.2, 0) is 13.5 Å². The van der Waals surface area contributed by atoms with Crippen LogP contribution >= 0.6 is 15.9 Å². The molecule has 0 saturated heterocycles. The van der Waals surface area contributed by atoms with Crippen LogP contribution in [0.4, 0.5) is 0 Å². The number of benzene rings is 1. The highest BCUT2D eigenvalue weighted by molar-refractivity contribution is 9.10. The van der Waals surface area contributed by atoms with E-state index in [1.165, 1.54) is 22.0 Å². The van der Waals surface area contributed by atoms with Crippen LogP contribution in [0.1, 0.15) is 11.1 Å². The first kappa shape index (κ1) is 10.7. The molecule has 1 aromatic heterocycles. The van der Waals surface area contributed by atoms with Crippen molar-refractivity contribution >= 4 is 26.8 Å². The van der Waals surface area contributed by atoms with Gasteiger partial charge in [0.15, 0.2) is 0 Å². The minimum Gasteiger partial charge on any atom is -0.349 e. The third-order valence-corrected chi connectivity index (χ3v) is 3.27. The maximum absolute atomic E-state index is 5.62. The highest BCUT2D eigenvalue weighted by Gasteiger charge is 2.09. The summed E-state index contributed by atoms with van der Waals surface area (Å²) >= 11 is 3.61. The van der Waals surface area contributed by atoms with Crippen LogP contribution in [0.2, 0.25) is 0 Å². The molecule has 0 aliphatic carbocycles. The van der Waals surface area contributed by atoms with Crippen LogP contribution in [-0.4, -0.2) is 11.1 Å².